The Balaban J connectivity index is 1.79. The number of thiazole rings is 1. The van der Waals surface area contributed by atoms with E-state index in [9.17, 15) is 0 Å². The van der Waals surface area contributed by atoms with Gasteiger partial charge < -0.3 is 0 Å². The smallest absolute Gasteiger partial charge is 0.143 e. The second kappa shape index (κ2) is 6.75. The summed E-state index contributed by atoms with van der Waals surface area (Å²) in [7, 11) is 0. The van der Waals surface area contributed by atoms with Gasteiger partial charge in [-0.1, -0.05) is 66.8 Å². The van der Waals surface area contributed by atoms with E-state index in [1.165, 1.54) is 16.0 Å². The summed E-state index contributed by atoms with van der Waals surface area (Å²) >= 11 is 3.51. The molecule has 0 amide bonds. The Morgan fingerprint density at radius 2 is 1.75 bits per heavy atom. The third kappa shape index (κ3) is 2.95. The minimum atomic E-state index is 0.965. The van der Waals surface area contributed by atoms with Crippen LogP contribution in [0.5, 0.6) is 0 Å². The van der Waals surface area contributed by atoms with Gasteiger partial charge in [0, 0.05) is 22.2 Å². The summed E-state index contributed by atoms with van der Waals surface area (Å²) in [5.74, 6) is 1.05. The van der Waals surface area contributed by atoms with Gasteiger partial charge in [0.25, 0.3) is 0 Å². The van der Waals surface area contributed by atoms with E-state index in [2.05, 4.69) is 54.4 Å². The summed E-state index contributed by atoms with van der Waals surface area (Å²) in [6.45, 7) is 2.17. The van der Waals surface area contributed by atoms with E-state index >= 15 is 0 Å². The van der Waals surface area contributed by atoms with E-state index in [1.54, 1.807) is 11.3 Å². The molecule has 2 aromatic carbocycles. The van der Waals surface area contributed by atoms with Crippen LogP contribution in [-0.4, -0.2) is 15.7 Å². The molecule has 4 aromatic rings. The number of aromatic nitrogens is 2. The average molecular weight is 348 g/mol. The molecule has 0 saturated carbocycles. The summed E-state index contributed by atoms with van der Waals surface area (Å²) < 4.78 is 0. The largest absolute Gasteiger partial charge is 0.243 e. The van der Waals surface area contributed by atoms with E-state index in [0.717, 1.165) is 26.7 Å². The summed E-state index contributed by atoms with van der Waals surface area (Å²) in [6, 6.07) is 20.9. The number of benzene rings is 2. The first-order valence-electron chi connectivity index (χ1n) is 7.89. The Kier molecular flexibility index (Phi) is 4.32. The van der Waals surface area contributed by atoms with Crippen LogP contribution in [0.25, 0.3) is 32.0 Å². The maximum atomic E-state index is 4.85. The highest BCUT2D eigenvalue weighted by atomic mass is 32.2. The lowest BCUT2D eigenvalue weighted by Gasteiger charge is -2.04. The third-order valence-electron chi connectivity index (χ3n) is 3.77. The number of thioether (sulfide) groups is 1. The maximum Gasteiger partial charge on any atom is 0.143 e. The molecule has 2 heterocycles. The highest BCUT2D eigenvalue weighted by molar-refractivity contribution is 7.99. The van der Waals surface area contributed by atoms with Crippen molar-refractivity contribution in [2.75, 3.05) is 5.75 Å². The number of nitrogens with zero attached hydrogens (tertiary/aromatic N) is 2. The fraction of sp³-hybridized carbons (Fsp3) is 0.100. The lowest BCUT2D eigenvalue weighted by atomic mass is 10.1. The molecule has 0 saturated heterocycles. The fourth-order valence-corrected chi connectivity index (χ4v) is 4.45. The normalized spacial score (nSPS) is 11.0. The zero-order chi connectivity index (χ0) is 16.4. The van der Waals surface area contributed by atoms with Crippen LogP contribution in [0.2, 0.25) is 0 Å². The second-order valence-corrected chi connectivity index (χ2v) is 7.65. The van der Waals surface area contributed by atoms with Crippen LogP contribution in [0.15, 0.2) is 71.8 Å². The molecule has 0 radical (unpaired) electrons. The highest BCUT2D eigenvalue weighted by Gasteiger charge is 2.12. The van der Waals surface area contributed by atoms with Crippen LogP contribution >= 0.6 is 23.1 Å². The highest BCUT2D eigenvalue weighted by Crippen LogP contribution is 2.36. The van der Waals surface area contributed by atoms with Gasteiger partial charge in [-0.25, -0.2) is 9.97 Å². The number of hydrogen-bond donors (Lipinski definition) is 0. The predicted molar refractivity (Wildman–Crippen MR) is 105 cm³/mol. The molecule has 24 heavy (non-hydrogen) atoms. The standard InChI is InChI=1S/C20H16N2S2/c1-2-23-18-11-7-6-10-16(18)19-22-17-12-15(13-21-20(17)24-19)14-8-4-3-5-9-14/h3-13H,2H2,1H3. The van der Waals surface area contributed by atoms with E-state index in [0.29, 0.717) is 0 Å². The molecule has 2 nitrogen and oxygen atoms in total. The van der Waals surface area contributed by atoms with Crippen LogP contribution in [-0.2, 0) is 0 Å². The summed E-state index contributed by atoms with van der Waals surface area (Å²) in [5, 5.41) is 1.04. The van der Waals surface area contributed by atoms with Gasteiger partial charge in [-0.15, -0.1) is 11.8 Å². The molecule has 0 spiro atoms. The Bertz CT molecular complexity index is 977. The molecule has 0 unspecified atom stereocenters. The lowest BCUT2D eigenvalue weighted by Crippen LogP contribution is -1.82. The zero-order valence-electron chi connectivity index (χ0n) is 13.3. The molecule has 0 N–H and O–H groups in total. The first-order valence-corrected chi connectivity index (χ1v) is 9.69. The molecule has 0 fully saturated rings. The summed E-state index contributed by atoms with van der Waals surface area (Å²) in [6.07, 6.45) is 1.94. The lowest BCUT2D eigenvalue weighted by molar-refractivity contribution is 1.37. The van der Waals surface area contributed by atoms with Crippen molar-refractivity contribution < 1.29 is 0 Å². The monoisotopic (exact) mass is 348 g/mol. The summed E-state index contributed by atoms with van der Waals surface area (Å²) in [4.78, 5) is 11.8. The van der Waals surface area contributed by atoms with Crippen molar-refractivity contribution in [3.8, 4) is 21.7 Å². The molecule has 118 valence electrons. The fourth-order valence-electron chi connectivity index (χ4n) is 2.65. The zero-order valence-corrected chi connectivity index (χ0v) is 14.9. The third-order valence-corrected chi connectivity index (χ3v) is 5.74. The number of hydrogen-bond acceptors (Lipinski definition) is 4. The Morgan fingerprint density at radius 1 is 0.958 bits per heavy atom. The van der Waals surface area contributed by atoms with Crippen molar-refractivity contribution in [2.45, 2.75) is 11.8 Å². The van der Waals surface area contributed by atoms with Crippen molar-refractivity contribution in [1.82, 2.24) is 9.97 Å². The molecule has 0 aliphatic rings. The summed E-state index contributed by atoms with van der Waals surface area (Å²) in [5.41, 5.74) is 4.45. The van der Waals surface area contributed by atoms with E-state index in [-0.39, 0.29) is 0 Å². The van der Waals surface area contributed by atoms with Crippen molar-refractivity contribution in [3.63, 3.8) is 0 Å². The molecule has 4 rings (SSSR count). The first-order chi connectivity index (χ1) is 11.8. The SMILES string of the molecule is CCSc1ccccc1-c1nc2cc(-c3ccccc3)cnc2s1. The first kappa shape index (κ1) is 15.4. The van der Waals surface area contributed by atoms with Crippen LogP contribution in [0.4, 0.5) is 0 Å². The van der Waals surface area contributed by atoms with E-state index < -0.39 is 0 Å². The van der Waals surface area contributed by atoms with Gasteiger partial charge in [0.1, 0.15) is 15.4 Å². The molecule has 4 heteroatoms. The van der Waals surface area contributed by atoms with E-state index in [1.807, 2.05) is 36.2 Å². The van der Waals surface area contributed by atoms with Crippen molar-refractivity contribution in [3.05, 3.63) is 66.9 Å². The molecule has 0 atom stereocenters. The molecular weight excluding hydrogens is 332 g/mol. The van der Waals surface area contributed by atoms with Gasteiger partial charge in [0.05, 0.1) is 0 Å². The molecule has 0 aliphatic carbocycles. The van der Waals surface area contributed by atoms with Crippen LogP contribution < -0.4 is 0 Å². The van der Waals surface area contributed by atoms with Gasteiger partial charge in [-0.2, -0.15) is 0 Å². The van der Waals surface area contributed by atoms with Crippen molar-refractivity contribution in [1.29, 1.82) is 0 Å². The van der Waals surface area contributed by atoms with E-state index in [4.69, 9.17) is 4.98 Å². The number of rotatable bonds is 4. The number of fused-ring (bicyclic) bond motifs is 1. The van der Waals surface area contributed by atoms with Crippen LogP contribution in [0.3, 0.4) is 0 Å². The number of pyridine rings is 1. The molecule has 0 aliphatic heterocycles. The quantitative estimate of drug-likeness (QED) is 0.414. The van der Waals surface area contributed by atoms with Gasteiger partial charge >= 0.3 is 0 Å². The second-order valence-electron chi connectivity index (χ2n) is 5.36. The average Bonchev–Trinajstić information content (AvgIpc) is 3.06. The Morgan fingerprint density at radius 3 is 2.58 bits per heavy atom. The molecule has 2 aromatic heterocycles. The minimum absolute atomic E-state index is 0.965. The van der Waals surface area contributed by atoms with Crippen molar-refractivity contribution >= 4 is 33.4 Å². The van der Waals surface area contributed by atoms with Crippen LogP contribution in [0.1, 0.15) is 6.92 Å². The topological polar surface area (TPSA) is 25.8 Å². The van der Waals surface area contributed by atoms with Gasteiger partial charge in [-0.05, 0) is 23.4 Å². The molecular formula is C20H16N2S2. The van der Waals surface area contributed by atoms with Gasteiger partial charge in [-0.3, -0.25) is 0 Å². The predicted octanol–water partition coefficient (Wildman–Crippen LogP) is 6.14. The Hall–Kier alpha value is -2.17. The Labute approximate surface area is 149 Å². The molecule has 0 bridgehead atoms. The maximum absolute atomic E-state index is 4.85. The van der Waals surface area contributed by atoms with Gasteiger partial charge in [0.2, 0.25) is 0 Å². The van der Waals surface area contributed by atoms with Crippen molar-refractivity contribution in [2.24, 2.45) is 0 Å². The van der Waals surface area contributed by atoms with Crippen LogP contribution in [0, 0.1) is 0 Å². The minimum Gasteiger partial charge on any atom is -0.243 e. The van der Waals surface area contributed by atoms with Gasteiger partial charge in [0.15, 0.2) is 0 Å².